The third-order valence-electron chi connectivity index (χ3n) is 2.53. The van der Waals surface area contributed by atoms with Crippen LogP contribution >= 0.6 is 7.60 Å². The zero-order chi connectivity index (χ0) is 13.0. The van der Waals surface area contributed by atoms with Gasteiger partial charge in [0.15, 0.2) is 5.78 Å². The lowest BCUT2D eigenvalue weighted by molar-refractivity contribution is 0.363. The molecule has 2 rings (SSSR count). The van der Waals surface area contributed by atoms with Crippen LogP contribution in [0.1, 0.15) is 11.3 Å². The van der Waals surface area contributed by atoms with Crippen molar-refractivity contribution in [3.05, 3.63) is 66.2 Å². The van der Waals surface area contributed by atoms with E-state index >= 15 is 0 Å². The molecule has 0 radical (unpaired) electrons. The number of rotatable bonds is 4. The van der Waals surface area contributed by atoms with Crippen molar-refractivity contribution in [3.63, 3.8) is 0 Å². The van der Waals surface area contributed by atoms with Crippen LogP contribution in [0.2, 0.25) is 0 Å². The highest BCUT2D eigenvalue weighted by molar-refractivity contribution is 7.52. The highest BCUT2D eigenvalue weighted by Gasteiger charge is 2.30. The van der Waals surface area contributed by atoms with Crippen molar-refractivity contribution in [2.45, 2.75) is 5.78 Å². The van der Waals surface area contributed by atoms with Crippen LogP contribution in [0.15, 0.2) is 60.7 Å². The first-order chi connectivity index (χ1) is 8.57. The van der Waals surface area contributed by atoms with E-state index in [9.17, 15) is 14.4 Å². The van der Waals surface area contributed by atoms with Gasteiger partial charge >= 0.3 is 7.60 Å². The Labute approximate surface area is 105 Å². The van der Waals surface area contributed by atoms with E-state index in [1.54, 1.807) is 36.4 Å². The molecule has 0 unspecified atom stereocenters. The topological polar surface area (TPSA) is 69.6 Å². The summed E-state index contributed by atoms with van der Waals surface area (Å²) in [5.41, 5.74) is 1.24. The Balaban J connectivity index is 2.31. The molecule has 5 heteroatoms. The van der Waals surface area contributed by atoms with Gasteiger partial charge in [-0.15, -0.1) is 0 Å². The summed E-state index contributed by atoms with van der Waals surface area (Å²) in [6.45, 7) is 0. The molecule has 0 spiro atoms. The van der Waals surface area contributed by atoms with Gasteiger partial charge in [-0.2, -0.15) is 0 Å². The molecule has 0 amide bonds. The minimum absolute atomic E-state index is 0.565. The maximum Gasteiger partial charge on any atom is 0.352 e. The van der Waals surface area contributed by atoms with E-state index < -0.39 is 13.4 Å². The molecule has 0 aromatic heterocycles. The van der Waals surface area contributed by atoms with Crippen LogP contribution in [-0.2, 0) is 4.57 Å². The molecule has 0 aliphatic heterocycles. The number of anilines is 1. The van der Waals surface area contributed by atoms with Crippen molar-refractivity contribution in [1.29, 1.82) is 0 Å². The molecular weight excluding hydrogens is 249 g/mol. The van der Waals surface area contributed by atoms with Gasteiger partial charge in [-0.25, -0.2) is 0 Å². The van der Waals surface area contributed by atoms with Gasteiger partial charge in [0.1, 0.15) is 0 Å². The summed E-state index contributed by atoms with van der Waals surface area (Å²) >= 11 is 0. The summed E-state index contributed by atoms with van der Waals surface area (Å²) in [5.74, 6) is -1.03. The fourth-order valence-corrected chi connectivity index (χ4v) is 2.57. The van der Waals surface area contributed by atoms with E-state index in [4.69, 9.17) is 0 Å². The number of hydrogen-bond acceptors (Lipinski definition) is 2. The molecule has 0 aliphatic rings. The van der Waals surface area contributed by atoms with Crippen LogP contribution in [0.25, 0.3) is 0 Å². The molecule has 94 valence electrons. The molecule has 0 bridgehead atoms. The molecule has 0 saturated heterocycles. The molecule has 4 nitrogen and oxygen atoms in total. The van der Waals surface area contributed by atoms with Crippen LogP contribution in [0.4, 0.5) is 5.69 Å². The highest BCUT2D eigenvalue weighted by atomic mass is 31.2. The van der Waals surface area contributed by atoms with Gasteiger partial charge in [0.05, 0.1) is 0 Å². The number of para-hydroxylation sites is 1. The summed E-state index contributed by atoms with van der Waals surface area (Å²) in [6.07, 6.45) is 0. The Hall–Kier alpha value is -1.61. The minimum Gasteiger partial charge on any atom is -0.368 e. The Kier molecular flexibility index (Phi) is 3.82. The second-order valence-electron chi connectivity index (χ2n) is 3.91. The lowest BCUT2D eigenvalue weighted by Crippen LogP contribution is -2.11. The largest absolute Gasteiger partial charge is 0.368 e. The van der Waals surface area contributed by atoms with Crippen LogP contribution in [0, 0.1) is 0 Å². The van der Waals surface area contributed by atoms with Gasteiger partial charge in [0.25, 0.3) is 0 Å². The molecule has 0 heterocycles. The maximum absolute atomic E-state index is 11.6. The Morgan fingerprint density at radius 2 is 1.39 bits per heavy atom. The number of benzene rings is 2. The first-order valence-electron chi connectivity index (χ1n) is 5.49. The quantitative estimate of drug-likeness (QED) is 0.742. The zero-order valence-corrected chi connectivity index (χ0v) is 10.5. The van der Waals surface area contributed by atoms with Crippen molar-refractivity contribution < 1.29 is 14.4 Å². The first-order valence-corrected chi connectivity index (χ1v) is 7.17. The third-order valence-corrected chi connectivity index (χ3v) is 3.63. The monoisotopic (exact) mass is 263 g/mol. The van der Waals surface area contributed by atoms with Crippen LogP contribution in [0.3, 0.4) is 0 Å². The van der Waals surface area contributed by atoms with Crippen molar-refractivity contribution in [1.82, 2.24) is 0 Å². The molecule has 2 aromatic carbocycles. The van der Waals surface area contributed by atoms with Crippen LogP contribution < -0.4 is 5.32 Å². The van der Waals surface area contributed by atoms with E-state index in [2.05, 4.69) is 5.32 Å². The van der Waals surface area contributed by atoms with E-state index in [0.717, 1.165) is 0 Å². The van der Waals surface area contributed by atoms with Gasteiger partial charge in [-0.1, -0.05) is 48.5 Å². The SMILES string of the molecule is O=P(O)(O)[C@@H](Nc1ccccc1)c1ccccc1. The van der Waals surface area contributed by atoms with Crippen LogP contribution in [0.5, 0.6) is 0 Å². The number of nitrogens with one attached hydrogen (secondary N) is 1. The van der Waals surface area contributed by atoms with Gasteiger partial charge in [-0.05, 0) is 17.7 Å². The summed E-state index contributed by atoms with van der Waals surface area (Å²) in [6, 6.07) is 17.7. The first kappa shape index (κ1) is 12.8. The van der Waals surface area contributed by atoms with E-state index in [0.29, 0.717) is 11.3 Å². The highest BCUT2D eigenvalue weighted by Crippen LogP contribution is 2.51. The second-order valence-corrected chi connectivity index (χ2v) is 5.61. The van der Waals surface area contributed by atoms with Crippen molar-refractivity contribution in [2.24, 2.45) is 0 Å². The van der Waals surface area contributed by atoms with Gasteiger partial charge in [-0.3, -0.25) is 4.57 Å². The predicted octanol–water partition coefficient (Wildman–Crippen LogP) is 2.98. The normalized spacial score (nSPS) is 13.0. The van der Waals surface area contributed by atoms with Crippen molar-refractivity contribution in [3.8, 4) is 0 Å². The fraction of sp³-hybridized carbons (Fsp3) is 0.0769. The molecule has 3 N–H and O–H groups in total. The average Bonchev–Trinajstić information content (AvgIpc) is 2.37. The second kappa shape index (κ2) is 5.36. The van der Waals surface area contributed by atoms with E-state index in [1.807, 2.05) is 24.3 Å². The Bertz CT molecular complexity index is 539. The Morgan fingerprint density at radius 3 is 1.89 bits per heavy atom. The Morgan fingerprint density at radius 1 is 0.889 bits per heavy atom. The molecule has 0 saturated carbocycles. The predicted molar refractivity (Wildman–Crippen MR) is 71.3 cm³/mol. The maximum atomic E-state index is 11.6. The molecule has 0 aliphatic carbocycles. The molecule has 18 heavy (non-hydrogen) atoms. The van der Waals surface area contributed by atoms with Crippen LogP contribution in [-0.4, -0.2) is 9.79 Å². The molecule has 2 aromatic rings. The van der Waals surface area contributed by atoms with Gasteiger partial charge in [0, 0.05) is 5.69 Å². The van der Waals surface area contributed by atoms with E-state index in [-0.39, 0.29) is 0 Å². The fourth-order valence-electron chi connectivity index (χ4n) is 1.69. The molecule has 0 fully saturated rings. The van der Waals surface area contributed by atoms with E-state index in [1.165, 1.54) is 0 Å². The lowest BCUT2D eigenvalue weighted by Gasteiger charge is -2.21. The smallest absolute Gasteiger partial charge is 0.352 e. The third kappa shape index (κ3) is 3.20. The molecular formula is C13H14NO3P. The van der Waals surface area contributed by atoms with Crippen molar-refractivity contribution in [2.75, 3.05) is 5.32 Å². The number of hydrogen-bond donors (Lipinski definition) is 3. The van der Waals surface area contributed by atoms with Gasteiger partial charge < -0.3 is 15.1 Å². The minimum atomic E-state index is -4.27. The summed E-state index contributed by atoms with van der Waals surface area (Å²) in [5, 5.41) is 2.87. The summed E-state index contributed by atoms with van der Waals surface area (Å²) < 4.78 is 11.6. The average molecular weight is 263 g/mol. The molecule has 1 atom stereocenters. The standard InChI is InChI=1S/C13H14NO3P/c15-18(16,17)13(11-7-3-1-4-8-11)14-12-9-5-2-6-10-12/h1-10,13-14H,(H2,15,16,17)/t13-/m1/s1. The lowest BCUT2D eigenvalue weighted by atomic mass is 10.2. The summed E-state index contributed by atoms with van der Waals surface area (Å²) in [7, 11) is -4.27. The zero-order valence-electron chi connectivity index (χ0n) is 9.60. The van der Waals surface area contributed by atoms with Gasteiger partial charge in [0.2, 0.25) is 0 Å². The van der Waals surface area contributed by atoms with Crippen molar-refractivity contribution >= 4 is 13.3 Å². The summed E-state index contributed by atoms with van der Waals surface area (Å²) in [4.78, 5) is 18.9.